The molecule has 2 atom stereocenters. The van der Waals surface area contributed by atoms with Crippen LogP contribution in [0.15, 0.2) is 30.5 Å². The molecule has 1 fully saturated rings. The van der Waals surface area contributed by atoms with Gasteiger partial charge in [0.2, 0.25) is 27.7 Å². The second-order valence-corrected chi connectivity index (χ2v) is 9.67. The van der Waals surface area contributed by atoms with Gasteiger partial charge in [-0.2, -0.15) is 4.31 Å². The normalized spacial score (nSPS) is 18.4. The van der Waals surface area contributed by atoms with Gasteiger partial charge in [-0.25, -0.2) is 8.42 Å². The van der Waals surface area contributed by atoms with Crippen LogP contribution in [-0.2, 0) is 35.6 Å². The molecule has 1 aliphatic rings. The number of sulfonamides is 1. The highest BCUT2D eigenvalue weighted by molar-refractivity contribution is 7.88. The number of aromatic nitrogens is 1. The minimum atomic E-state index is -3.58. The fourth-order valence-electron chi connectivity index (χ4n) is 3.80. The molecule has 0 bridgehead atoms. The van der Waals surface area contributed by atoms with Crippen molar-refractivity contribution < 1.29 is 27.5 Å². The molecule has 4 N–H and O–H groups in total. The molecule has 1 saturated heterocycles. The largest absolute Gasteiger partial charge is 0.375 e. The number of piperazine rings is 1. The molecule has 174 valence electrons. The molecule has 3 rings (SSSR count). The minimum Gasteiger partial charge on any atom is -0.375 e. The number of benzene rings is 1. The van der Waals surface area contributed by atoms with Crippen molar-refractivity contribution >= 4 is 38.6 Å². The molecule has 12 heteroatoms. The molecular weight excluding hydrogens is 438 g/mol. The number of para-hydroxylation sites is 1. The number of fused-ring (bicyclic) bond motifs is 1. The fourth-order valence-corrected chi connectivity index (χ4v) is 4.62. The highest BCUT2D eigenvalue weighted by atomic mass is 32.2. The number of hydrogen-bond acceptors (Lipinski definition) is 6. The lowest BCUT2D eigenvalue weighted by molar-refractivity contribution is -0.146. The van der Waals surface area contributed by atoms with Gasteiger partial charge in [0.05, 0.1) is 6.26 Å². The van der Waals surface area contributed by atoms with Crippen LogP contribution in [0, 0.1) is 0 Å². The summed E-state index contributed by atoms with van der Waals surface area (Å²) in [5.74, 6) is -1.85. The van der Waals surface area contributed by atoms with Crippen molar-refractivity contribution in [3.8, 4) is 0 Å². The van der Waals surface area contributed by atoms with Crippen LogP contribution >= 0.6 is 0 Å². The SMILES string of the molecule is COCC(=O)N1CCN(S(C)(=O)=O)C[C@@H]1C(=O)N[C@H](Cc1c[nH]c2ccccc12)C(N)=O. The standard InChI is InChI=1S/C20H27N5O6S/c1-31-12-18(26)25-8-7-24(32(2,29)30)11-17(25)20(28)23-16(19(21)27)9-13-10-22-15-6-4-3-5-14(13)15/h3-6,10,16-17,22H,7-9,11-12H2,1-2H3,(H2,21,27)(H,23,28)/t16-,17-/m1/s1. The van der Waals surface area contributed by atoms with Gasteiger partial charge in [0.15, 0.2) is 0 Å². The first-order valence-corrected chi connectivity index (χ1v) is 11.8. The number of H-pyrrole nitrogens is 1. The number of amides is 3. The van der Waals surface area contributed by atoms with Crippen molar-refractivity contribution in [3.63, 3.8) is 0 Å². The summed E-state index contributed by atoms with van der Waals surface area (Å²) in [5, 5.41) is 3.50. The number of nitrogens with two attached hydrogens (primary N) is 1. The highest BCUT2D eigenvalue weighted by Gasteiger charge is 2.39. The quantitative estimate of drug-likeness (QED) is 0.445. The summed E-state index contributed by atoms with van der Waals surface area (Å²) in [7, 11) is -2.22. The first-order valence-electron chi connectivity index (χ1n) is 10.00. The van der Waals surface area contributed by atoms with Crippen molar-refractivity contribution in [1.29, 1.82) is 0 Å². The second-order valence-electron chi connectivity index (χ2n) is 7.68. The lowest BCUT2D eigenvalue weighted by Crippen LogP contribution is -2.63. The topological polar surface area (TPSA) is 155 Å². The van der Waals surface area contributed by atoms with Crippen LogP contribution < -0.4 is 11.1 Å². The number of methoxy groups -OCH3 is 1. The van der Waals surface area contributed by atoms with Crippen molar-refractivity contribution in [2.24, 2.45) is 5.73 Å². The number of carbonyl (C=O) groups excluding carboxylic acids is 3. The highest BCUT2D eigenvalue weighted by Crippen LogP contribution is 2.20. The lowest BCUT2D eigenvalue weighted by Gasteiger charge is -2.39. The molecule has 0 unspecified atom stereocenters. The summed E-state index contributed by atoms with van der Waals surface area (Å²) < 4.78 is 30.0. The molecular formula is C20H27N5O6S. The fraction of sp³-hybridized carbons (Fsp3) is 0.450. The predicted molar refractivity (Wildman–Crippen MR) is 117 cm³/mol. The summed E-state index contributed by atoms with van der Waals surface area (Å²) in [6.07, 6.45) is 2.92. The Morgan fingerprint density at radius 3 is 2.66 bits per heavy atom. The molecule has 11 nitrogen and oxygen atoms in total. The lowest BCUT2D eigenvalue weighted by atomic mass is 10.0. The predicted octanol–water partition coefficient (Wildman–Crippen LogP) is -1.20. The van der Waals surface area contributed by atoms with Crippen molar-refractivity contribution in [2.45, 2.75) is 18.5 Å². The second kappa shape index (κ2) is 9.67. The summed E-state index contributed by atoms with van der Waals surface area (Å²) in [5.41, 5.74) is 7.21. The van der Waals surface area contributed by atoms with Crippen LogP contribution in [0.5, 0.6) is 0 Å². The molecule has 1 aromatic heterocycles. The van der Waals surface area contributed by atoms with Gasteiger partial charge in [-0.3, -0.25) is 14.4 Å². The maximum atomic E-state index is 13.1. The third-order valence-electron chi connectivity index (χ3n) is 5.46. The maximum absolute atomic E-state index is 13.1. The number of primary amides is 1. The summed E-state index contributed by atoms with van der Waals surface area (Å²) in [6, 6.07) is 5.34. The number of hydrogen-bond donors (Lipinski definition) is 3. The third kappa shape index (κ3) is 5.26. The number of aromatic amines is 1. The van der Waals surface area contributed by atoms with Crippen LogP contribution in [0.4, 0.5) is 0 Å². The first-order chi connectivity index (χ1) is 15.1. The Morgan fingerprint density at radius 2 is 2.00 bits per heavy atom. The van der Waals surface area contributed by atoms with E-state index in [1.807, 2.05) is 24.3 Å². The van der Waals surface area contributed by atoms with Crippen LogP contribution in [0.25, 0.3) is 10.9 Å². The Hall–Kier alpha value is -2.96. The number of carbonyl (C=O) groups is 3. The van der Waals surface area contributed by atoms with E-state index >= 15 is 0 Å². The summed E-state index contributed by atoms with van der Waals surface area (Å²) in [4.78, 5) is 42.0. The van der Waals surface area contributed by atoms with Gasteiger partial charge in [-0.15, -0.1) is 0 Å². The van der Waals surface area contributed by atoms with E-state index in [0.29, 0.717) is 0 Å². The van der Waals surface area contributed by atoms with Gasteiger partial charge in [0.25, 0.3) is 0 Å². The summed E-state index contributed by atoms with van der Waals surface area (Å²) >= 11 is 0. The number of nitrogens with one attached hydrogen (secondary N) is 2. The average molecular weight is 466 g/mol. The molecule has 0 aliphatic carbocycles. The van der Waals surface area contributed by atoms with E-state index in [2.05, 4.69) is 10.3 Å². The zero-order chi connectivity index (χ0) is 23.5. The summed E-state index contributed by atoms with van der Waals surface area (Å²) in [6.45, 7) is -0.389. The Bertz CT molecular complexity index is 1110. The van der Waals surface area contributed by atoms with Gasteiger partial charge in [0.1, 0.15) is 18.7 Å². The van der Waals surface area contributed by atoms with Crippen molar-refractivity contribution in [3.05, 3.63) is 36.0 Å². The van der Waals surface area contributed by atoms with Crippen LogP contribution in [0.1, 0.15) is 5.56 Å². The Labute approximate surface area is 185 Å². The van der Waals surface area contributed by atoms with Gasteiger partial charge >= 0.3 is 0 Å². The molecule has 1 aliphatic heterocycles. The number of nitrogens with zero attached hydrogens (tertiary/aromatic N) is 2. The van der Waals surface area contributed by atoms with Crippen LogP contribution in [-0.4, -0.2) is 92.0 Å². The van der Waals surface area contributed by atoms with E-state index in [0.717, 1.165) is 27.0 Å². The van der Waals surface area contributed by atoms with E-state index in [4.69, 9.17) is 10.5 Å². The van der Waals surface area contributed by atoms with Gasteiger partial charge in [-0.1, -0.05) is 18.2 Å². The van der Waals surface area contributed by atoms with E-state index in [9.17, 15) is 22.8 Å². The molecule has 2 aromatic rings. The van der Waals surface area contributed by atoms with Crippen LogP contribution in [0.2, 0.25) is 0 Å². The van der Waals surface area contributed by atoms with Gasteiger partial charge < -0.3 is 25.7 Å². The molecule has 3 amide bonds. The number of ether oxygens (including phenoxy) is 1. The van der Waals surface area contributed by atoms with Crippen molar-refractivity contribution in [1.82, 2.24) is 19.5 Å². The zero-order valence-electron chi connectivity index (χ0n) is 17.9. The minimum absolute atomic E-state index is 0.0248. The Morgan fingerprint density at radius 1 is 1.28 bits per heavy atom. The van der Waals surface area contributed by atoms with E-state index in [-0.39, 0.29) is 32.7 Å². The van der Waals surface area contributed by atoms with E-state index in [1.165, 1.54) is 12.0 Å². The van der Waals surface area contributed by atoms with E-state index < -0.39 is 39.8 Å². The zero-order valence-corrected chi connectivity index (χ0v) is 18.7. The van der Waals surface area contributed by atoms with Gasteiger partial charge in [0, 0.05) is 50.3 Å². The molecule has 32 heavy (non-hydrogen) atoms. The Kier molecular flexibility index (Phi) is 7.16. The monoisotopic (exact) mass is 465 g/mol. The number of rotatable bonds is 8. The molecule has 2 heterocycles. The first kappa shape index (κ1) is 23.7. The molecule has 0 radical (unpaired) electrons. The van der Waals surface area contributed by atoms with Crippen LogP contribution in [0.3, 0.4) is 0 Å². The Balaban J connectivity index is 1.81. The molecule has 0 saturated carbocycles. The third-order valence-corrected chi connectivity index (χ3v) is 6.73. The van der Waals surface area contributed by atoms with E-state index in [1.54, 1.807) is 6.20 Å². The smallest absolute Gasteiger partial charge is 0.249 e. The average Bonchev–Trinajstić information content (AvgIpc) is 3.15. The van der Waals surface area contributed by atoms with Gasteiger partial charge in [-0.05, 0) is 11.6 Å². The molecule has 1 aromatic carbocycles. The van der Waals surface area contributed by atoms with Crippen molar-refractivity contribution in [2.75, 3.05) is 39.6 Å². The maximum Gasteiger partial charge on any atom is 0.249 e. The molecule has 0 spiro atoms.